The van der Waals surface area contributed by atoms with Crippen LogP contribution in [-0.4, -0.2) is 147 Å². The van der Waals surface area contributed by atoms with Crippen LogP contribution in [0.3, 0.4) is 0 Å². The maximum absolute atomic E-state index is 13.6. The molecule has 6 rings (SSSR count). The smallest absolute Gasteiger partial charge is 0.331 e. The van der Waals surface area contributed by atoms with E-state index < -0.39 is 104 Å². The van der Waals surface area contributed by atoms with E-state index in [0.29, 0.717) is 22.3 Å². The highest BCUT2D eigenvalue weighted by molar-refractivity contribution is 5.89. The van der Waals surface area contributed by atoms with Gasteiger partial charge in [-0.25, -0.2) is 19.2 Å². The summed E-state index contributed by atoms with van der Waals surface area (Å²) in [6.07, 6.45) is -6.22. The zero-order valence-corrected chi connectivity index (χ0v) is 38.4. The second-order valence-electron chi connectivity index (χ2n) is 15.9. The lowest BCUT2D eigenvalue weighted by atomic mass is 9.98. The molecule has 4 aromatic rings. The van der Waals surface area contributed by atoms with Crippen LogP contribution in [0, 0.1) is 0 Å². The SMILES string of the molecule is COc1cc(/C=C/C(=O)OC[C@H]2O[C@@H](O[C@]3(COC(=O)/C=C/c4ccc(O)cc4)O[C@H](COC(=O)/C=C/c4ccc(O)cc4)[C@@H](O)[C@@H]3OC(=O)/C=C/c3ccc(O)cc3)[C@H](OC(C)=O)[C@@H](O)[C@@H]2O)ccc1O. The third-order valence-corrected chi connectivity index (χ3v) is 10.7. The number of carbonyl (C=O) groups excluding carboxylic acids is 5. The first-order chi connectivity index (χ1) is 34.4. The summed E-state index contributed by atoms with van der Waals surface area (Å²) in [4.78, 5) is 65.3. The fourth-order valence-electron chi connectivity index (χ4n) is 7.06. The Bertz CT molecular complexity index is 2640. The second kappa shape index (κ2) is 24.7. The molecule has 380 valence electrons. The summed E-state index contributed by atoms with van der Waals surface area (Å²) in [5, 5.41) is 73.4. The van der Waals surface area contributed by atoms with Crippen molar-refractivity contribution in [3.8, 4) is 28.7 Å². The summed E-state index contributed by atoms with van der Waals surface area (Å²) in [7, 11) is 1.33. The van der Waals surface area contributed by atoms with Crippen molar-refractivity contribution in [2.75, 3.05) is 26.9 Å². The highest BCUT2D eigenvalue weighted by Gasteiger charge is 2.62. The lowest BCUT2D eigenvalue weighted by Crippen LogP contribution is -2.64. The largest absolute Gasteiger partial charge is 0.508 e. The quantitative estimate of drug-likeness (QED) is 0.0403. The highest BCUT2D eigenvalue weighted by Crippen LogP contribution is 2.40. The summed E-state index contributed by atoms with van der Waals surface area (Å²) in [5.74, 6) is -8.06. The van der Waals surface area contributed by atoms with Crippen molar-refractivity contribution in [1.82, 2.24) is 0 Å². The number of hydrogen-bond donors (Lipinski definition) is 7. The van der Waals surface area contributed by atoms with E-state index in [0.717, 1.165) is 31.2 Å². The van der Waals surface area contributed by atoms with Crippen LogP contribution in [0.5, 0.6) is 28.7 Å². The molecule has 72 heavy (non-hydrogen) atoms. The Hall–Kier alpha value is -8.05. The molecule has 0 saturated carbocycles. The molecule has 0 radical (unpaired) electrons. The number of aromatic hydroxyl groups is 4. The summed E-state index contributed by atoms with van der Waals surface area (Å²) < 4.78 is 50.9. The van der Waals surface area contributed by atoms with Gasteiger partial charge in [0.2, 0.25) is 12.1 Å². The minimum Gasteiger partial charge on any atom is -0.508 e. The van der Waals surface area contributed by atoms with Crippen molar-refractivity contribution in [3.63, 3.8) is 0 Å². The summed E-state index contributed by atoms with van der Waals surface area (Å²) in [5.41, 5.74) is 1.80. The fraction of sp³-hybridized carbons (Fsp3) is 0.275. The van der Waals surface area contributed by atoms with Gasteiger partial charge in [0.1, 0.15) is 67.6 Å². The molecule has 2 fully saturated rings. The number of aliphatic hydroxyl groups excluding tert-OH is 3. The van der Waals surface area contributed by atoms with Crippen LogP contribution in [0.25, 0.3) is 24.3 Å². The molecule has 0 spiro atoms. The molecule has 21 heteroatoms. The van der Waals surface area contributed by atoms with Gasteiger partial charge in [0.15, 0.2) is 23.7 Å². The van der Waals surface area contributed by atoms with Gasteiger partial charge in [-0.05, 0) is 95.1 Å². The van der Waals surface area contributed by atoms with E-state index in [1.807, 2.05) is 0 Å². The number of aliphatic hydroxyl groups is 3. The number of phenols is 4. The van der Waals surface area contributed by atoms with Crippen LogP contribution in [0.1, 0.15) is 29.2 Å². The van der Waals surface area contributed by atoms with E-state index in [9.17, 15) is 59.7 Å². The van der Waals surface area contributed by atoms with Crippen molar-refractivity contribution < 1.29 is 102 Å². The molecule has 2 aliphatic rings. The number of ether oxygens (including phenoxy) is 9. The van der Waals surface area contributed by atoms with E-state index in [4.69, 9.17) is 42.6 Å². The second-order valence-corrected chi connectivity index (χ2v) is 15.9. The van der Waals surface area contributed by atoms with Crippen LogP contribution >= 0.6 is 0 Å². The van der Waals surface area contributed by atoms with E-state index >= 15 is 0 Å². The minimum absolute atomic E-state index is 0.0158. The summed E-state index contributed by atoms with van der Waals surface area (Å²) in [6.45, 7) is -1.69. The molecule has 4 aromatic carbocycles. The van der Waals surface area contributed by atoms with Gasteiger partial charge in [0.05, 0.1) is 7.11 Å². The lowest BCUT2D eigenvalue weighted by Gasteiger charge is -2.44. The molecule has 0 aromatic heterocycles. The number of methoxy groups -OCH3 is 1. The van der Waals surface area contributed by atoms with Crippen LogP contribution in [-0.2, 0) is 61.9 Å². The molecule has 21 nitrogen and oxygen atoms in total. The zero-order valence-electron chi connectivity index (χ0n) is 38.4. The first kappa shape index (κ1) is 53.3. The van der Waals surface area contributed by atoms with Gasteiger partial charge in [-0.15, -0.1) is 0 Å². The number of benzene rings is 4. The molecule has 9 atom stereocenters. The van der Waals surface area contributed by atoms with Gasteiger partial charge in [-0.2, -0.15) is 0 Å². The fourth-order valence-corrected chi connectivity index (χ4v) is 7.06. The normalized spacial score (nSPS) is 24.1. The highest BCUT2D eigenvalue weighted by atomic mass is 16.8. The average Bonchev–Trinajstić information content (AvgIpc) is 3.61. The van der Waals surface area contributed by atoms with Crippen molar-refractivity contribution in [1.29, 1.82) is 0 Å². The third-order valence-electron chi connectivity index (χ3n) is 10.7. The van der Waals surface area contributed by atoms with Gasteiger partial charge in [-0.1, -0.05) is 42.5 Å². The molecular formula is C51H50O21. The Labute approximate surface area is 410 Å². The molecular weight excluding hydrogens is 949 g/mol. The standard InChI is InChI=1S/C51H50O21/c1-29(52)68-48-47(63)45(61)39(26-65-42(58)23-13-33-9-20-37(56)38(25-33)64-2)69-50(48)72-51(28-67-43(59)22-11-31-5-16-35(54)17-6-31)49(70-44(60)24-12-32-7-18-36(55)19-8-32)46(62)40(71-51)27-66-41(57)21-10-30-3-14-34(53)15-4-30/h3-25,39-40,45-50,53-56,61-63H,26-28H2,1-2H3/b21-10+,22-11+,23-13+,24-12+/t39-,40-,45-,46-,47+,48-,49+,50+,51+/m1/s1. The maximum atomic E-state index is 13.6. The van der Waals surface area contributed by atoms with Crippen molar-refractivity contribution in [3.05, 3.63) is 138 Å². The van der Waals surface area contributed by atoms with Gasteiger partial charge in [-0.3, -0.25) is 4.79 Å². The Morgan fingerprint density at radius 3 is 1.53 bits per heavy atom. The van der Waals surface area contributed by atoms with Gasteiger partial charge >= 0.3 is 29.8 Å². The third kappa shape index (κ3) is 14.7. The van der Waals surface area contributed by atoms with Gasteiger partial charge in [0, 0.05) is 31.2 Å². The van der Waals surface area contributed by atoms with Crippen molar-refractivity contribution in [2.24, 2.45) is 0 Å². The first-order valence-corrected chi connectivity index (χ1v) is 21.8. The summed E-state index contributed by atoms with van der Waals surface area (Å²) >= 11 is 0. The number of esters is 5. The van der Waals surface area contributed by atoms with E-state index in [1.54, 1.807) is 0 Å². The first-order valence-electron chi connectivity index (χ1n) is 21.8. The van der Waals surface area contributed by atoms with E-state index in [-0.39, 0.29) is 28.7 Å². The van der Waals surface area contributed by atoms with Gasteiger partial charge < -0.3 is 78.4 Å². The molecule has 2 heterocycles. The maximum Gasteiger partial charge on any atom is 0.331 e. The van der Waals surface area contributed by atoms with Crippen LogP contribution in [0.15, 0.2) is 115 Å². The molecule has 0 unspecified atom stereocenters. The van der Waals surface area contributed by atoms with Crippen molar-refractivity contribution in [2.45, 2.75) is 61.7 Å². The number of hydrogen-bond acceptors (Lipinski definition) is 21. The van der Waals surface area contributed by atoms with Crippen LogP contribution in [0.2, 0.25) is 0 Å². The van der Waals surface area contributed by atoms with Crippen LogP contribution < -0.4 is 4.74 Å². The lowest BCUT2D eigenvalue weighted by molar-refractivity contribution is -0.383. The van der Waals surface area contributed by atoms with E-state index in [1.165, 1.54) is 122 Å². The Morgan fingerprint density at radius 1 is 0.569 bits per heavy atom. The van der Waals surface area contributed by atoms with E-state index in [2.05, 4.69) is 0 Å². The number of rotatable bonds is 19. The number of phenolic OH excluding ortho intramolecular Hbond substituents is 4. The van der Waals surface area contributed by atoms with Gasteiger partial charge in [0.25, 0.3) is 0 Å². The van der Waals surface area contributed by atoms with Crippen molar-refractivity contribution >= 4 is 54.2 Å². The topological polar surface area (TPSA) is 310 Å². The summed E-state index contributed by atoms with van der Waals surface area (Å²) in [6, 6.07) is 21.4. The molecule has 0 aliphatic carbocycles. The monoisotopic (exact) mass is 998 g/mol. The minimum atomic E-state index is -2.73. The molecule has 0 amide bonds. The molecule has 2 aliphatic heterocycles. The Kier molecular flexibility index (Phi) is 18.3. The van der Waals surface area contributed by atoms with Crippen LogP contribution in [0.4, 0.5) is 0 Å². The Balaban J connectivity index is 1.32. The average molecular weight is 999 g/mol. The number of carbonyl (C=O) groups is 5. The predicted octanol–water partition coefficient (Wildman–Crippen LogP) is 3.06. The molecule has 7 N–H and O–H groups in total. The molecule has 2 saturated heterocycles. The zero-order chi connectivity index (χ0) is 52.0. The molecule has 0 bridgehead atoms. The Morgan fingerprint density at radius 2 is 1.03 bits per heavy atom. The predicted molar refractivity (Wildman–Crippen MR) is 249 cm³/mol.